The lowest BCUT2D eigenvalue weighted by Crippen LogP contribution is -2.09. The van der Waals surface area contributed by atoms with Crippen molar-refractivity contribution in [3.05, 3.63) is 35.9 Å². The minimum absolute atomic E-state index is 0.122. The highest BCUT2D eigenvalue weighted by molar-refractivity contribution is 6.15. The topological polar surface area (TPSA) is 32.8 Å². The Labute approximate surface area is 66.2 Å². The summed E-state index contributed by atoms with van der Waals surface area (Å²) in [6.07, 6.45) is -0.122. The first-order valence-electron chi connectivity index (χ1n) is 3.65. The van der Waals surface area contributed by atoms with Gasteiger partial charge in [0.2, 0.25) is 0 Å². The Hall–Kier alpha value is -0.795. The van der Waals surface area contributed by atoms with Gasteiger partial charge in [-0.3, -0.25) is 0 Å². The summed E-state index contributed by atoms with van der Waals surface area (Å²) >= 11 is 0. The van der Waals surface area contributed by atoms with Crippen LogP contribution in [0.3, 0.4) is 0 Å². The number of rotatable bonds is 1. The highest BCUT2D eigenvalue weighted by Crippen LogP contribution is 2.44. The van der Waals surface area contributed by atoms with Crippen LogP contribution in [0, 0.1) is 0 Å². The standard InChI is InChI=1S/C8H9BO2/c9-8(10)7(11-8)6-4-2-1-3-5-6/h1-5,7,10H,9H2. The van der Waals surface area contributed by atoms with Crippen LogP contribution < -0.4 is 0 Å². The van der Waals surface area contributed by atoms with Crippen LogP contribution in [0.15, 0.2) is 30.3 Å². The molecule has 0 saturated carbocycles. The minimum atomic E-state index is -0.929. The molecule has 0 bridgehead atoms. The summed E-state index contributed by atoms with van der Waals surface area (Å²) in [5, 5.41) is 9.32. The molecule has 56 valence electrons. The lowest BCUT2D eigenvalue weighted by atomic mass is 9.93. The van der Waals surface area contributed by atoms with Crippen LogP contribution in [0.2, 0.25) is 0 Å². The van der Waals surface area contributed by atoms with Gasteiger partial charge in [0.15, 0.2) is 13.5 Å². The van der Waals surface area contributed by atoms with E-state index in [1.165, 1.54) is 0 Å². The molecule has 0 aromatic heterocycles. The Balaban J connectivity index is 2.21. The first kappa shape index (κ1) is 6.89. The van der Waals surface area contributed by atoms with Gasteiger partial charge in [0, 0.05) is 0 Å². The molecule has 1 saturated heterocycles. The van der Waals surface area contributed by atoms with Crippen LogP contribution in [0.5, 0.6) is 0 Å². The Morgan fingerprint density at radius 1 is 1.36 bits per heavy atom. The number of benzene rings is 1. The lowest BCUT2D eigenvalue weighted by molar-refractivity contribution is 0.115. The molecule has 1 aliphatic rings. The SMILES string of the molecule is BC1(O)OC1c1ccccc1. The molecule has 1 N–H and O–H groups in total. The highest BCUT2D eigenvalue weighted by Gasteiger charge is 2.51. The smallest absolute Gasteiger partial charge is 0.182 e. The second-order valence-corrected chi connectivity index (χ2v) is 2.96. The Kier molecular flexibility index (Phi) is 1.31. The van der Waals surface area contributed by atoms with Crippen LogP contribution in [-0.2, 0) is 4.74 Å². The third-order valence-electron chi connectivity index (χ3n) is 1.89. The fourth-order valence-electron chi connectivity index (χ4n) is 1.21. The Morgan fingerprint density at radius 3 is 2.36 bits per heavy atom. The number of hydrogen-bond acceptors (Lipinski definition) is 2. The van der Waals surface area contributed by atoms with Crippen molar-refractivity contribution in [1.29, 1.82) is 0 Å². The average molecular weight is 148 g/mol. The normalized spacial score (nSPS) is 35.2. The molecule has 0 aliphatic carbocycles. The van der Waals surface area contributed by atoms with Crippen molar-refractivity contribution in [2.75, 3.05) is 0 Å². The molecule has 0 spiro atoms. The molecular weight excluding hydrogens is 139 g/mol. The van der Waals surface area contributed by atoms with Crippen molar-refractivity contribution < 1.29 is 9.84 Å². The fourth-order valence-corrected chi connectivity index (χ4v) is 1.21. The number of epoxide rings is 1. The summed E-state index contributed by atoms with van der Waals surface area (Å²) in [4.78, 5) is 0. The Bertz CT molecular complexity index is 258. The molecule has 1 aromatic rings. The van der Waals surface area contributed by atoms with Crippen LogP contribution in [0.1, 0.15) is 11.7 Å². The summed E-state index contributed by atoms with van der Waals surface area (Å²) in [5.41, 5.74) is 0.110. The molecule has 1 aliphatic heterocycles. The Morgan fingerprint density at radius 2 is 1.91 bits per heavy atom. The van der Waals surface area contributed by atoms with Gasteiger partial charge in [-0.2, -0.15) is 0 Å². The van der Waals surface area contributed by atoms with E-state index in [0.717, 1.165) is 5.56 Å². The lowest BCUT2D eigenvalue weighted by Gasteiger charge is -1.95. The predicted molar refractivity (Wildman–Crippen MR) is 43.8 cm³/mol. The van der Waals surface area contributed by atoms with Crippen molar-refractivity contribution in [3.63, 3.8) is 0 Å². The number of hydrogen-bond donors (Lipinski definition) is 1. The predicted octanol–water partition coefficient (Wildman–Crippen LogP) is 0.0371. The van der Waals surface area contributed by atoms with Crippen LogP contribution in [0.4, 0.5) is 0 Å². The zero-order chi connectivity index (χ0) is 7.90. The van der Waals surface area contributed by atoms with E-state index in [1.54, 1.807) is 7.85 Å². The van der Waals surface area contributed by atoms with Gasteiger partial charge in [-0.25, -0.2) is 0 Å². The van der Waals surface area contributed by atoms with Gasteiger partial charge >= 0.3 is 0 Å². The van der Waals surface area contributed by atoms with Crippen LogP contribution >= 0.6 is 0 Å². The van der Waals surface area contributed by atoms with E-state index in [1.807, 2.05) is 30.3 Å². The van der Waals surface area contributed by atoms with Gasteiger partial charge < -0.3 is 9.84 Å². The molecule has 1 heterocycles. The first-order valence-corrected chi connectivity index (χ1v) is 3.65. The van der Waals surface area contributed by atoms with Gasteiger partial charge in [-0.05, 0) is 5.56 Å². The molecule has 2 rings (SSSR count). The molecular formula is C8H9BO2. The van der Waals surface area contributed by atoms with Crippen LogP contribution in [-0.4, -0.2) is 18.6 Å². The number of ether oxygens (including phenoxy) is 1. The van der Waals surface area contributed by atoms with Gasteiger partial charge in [0.1, 0.15) is 6.10 Å². The van der Waals surface area contributed by atoms with E-state index in [9.17, 15) is 5.11 Å². The van der Waals surface area contributed by atoms with Gasteiger partial charge in [0.25, 0.3) is 0 Å². The van der Waals surface area contributed by atoms with E-state index in [2.05, 4.69) is 0 Å². The van der Waals surface area contributed by atoms with Crippen molar-refractivity contribution >= 4 is 7.85 Å². The maximum Gasteiger partial charge on any atom is 0.182 e. The molecule has 0 radical (unpaired) electrons. The zero-order valence-electron chi connectivity index (χ0n) is 6.32. The van der Waals surface area contributed by atoms with Gasteiger partial charge in [0.05, 0.1) is 0 Å². The molecule has 2 atom stereocenters. The highest BCUT2D eigenvalue weighted by atomic mass is 16.7. The quantitative estimate of drug-likeness (QED) is 0.450. The van der Waals surface area contributed by atoms with Gasteiger partial charge in [-0.1, -0.05) is 30.3 Å². The molecule has 2 unspecified atom stereocenters. The maximum absolute atomic E-state index is 9.32. The monoisotopic (exact) mass is 148 g/mol. The molecule has 0 amide bonds. The summed E-state index contributed by atoms with van der Waals surface area (Å²) in [7, 11) is 1.67. The third kappa shape index (κ3) is 1.17. The fraction of sp³-hybridized carbons (Fsp3) is 0.250. The largest absolute Gasteiger partial charge is 0.371 e. The maximum atomic E-state index is 9.32. The summed E-state index contributed by atoms with van der Waals surface area (Å²) in [6, 6.07) is 9.72. The first-order chi connectivity index (χ1) is 5.20. The number of aliphatic hydroxyl groups is 1. The summed E-state index contributed by atoms with van der Waals surface area (Å²) in [6.45, 7) is 0. The van der Waals surface area contributed by atoms with Crippen LogP contribution in [0.25, 0.3) is 0 Å². The average Bonchev–Trinajstić information content (AvgIpc) is 2.62. The molecule has 1 fully saturated rings. The minimum Gasteiger partial charge on any atom is -0.371 e. The van der Waals surface area contributed by atoms with E-state index >= 15 is 0 Å². The second-order valence-electron chi connectivity index (χ2n) is 2.96. The zero-order valence-corrected chi connectivity index (χ0v) is 6.32. The van der Waals surface area contributed by atoms with Crippen molar-refractivity contribution in [3.8, 4) is 0 Å². The molecule has 11 heavy (non-hydrogen) atoms. The van der Waals surface area contributed by atoms with Crippen molar-refractivity contribution in [1.82, 2.24) is 0 Å². The summed E-state index contributed by atoms with van der Waals surface area (Å²) < 4.78 is 5.05. The van der Waals surface area contributed by atoms with E-state index < -0.39 is 5.69 Å². The van der Waals surface area contributed by atoms with E-state index in [4.69, 9.17) is 4.74 Å². The third-order valence-corrected chi connectivity index (χ3v) is 1.89. The van der Waals surface area contributed by atoms with Crippen molar-refractivity contribution in [2.24, 2.45) is 0 Å². The van der Waals surface area contributed by atoms with E-state index in [0.29, 0.717) is 0 Å². The summed E-state index contributed by atoms with van der Waals surface area (Å²) in [5.74, 6) is 0. The second kappa shape index (κ2) is 2.09. The van der Waals surface area contributed by atoms with E-state index in [-0.39, 0.29) is 6.10 Å². The molecule has 3 heteroatoms. The van der Waals surface area contributed by atoms with Crippen molar-refractivity contribution in [2.45, 2.75) is 11.8 Å². The van der Waals surface area contributed by atoms with Gasteiger partial charge in [-0.15, -0.1) is 0 Å². The molecule has 2 nitrogen and oxygen atoms in total. The molecule has 1 aromatic carbocycles.